The highest BCUT2D eigenvalue weighted by molar-refractivity contribution is 7.89. The number of rotatable bonds is 10. The minimum Gasteiger partial charge on any atom is -0.494 e. The number of nitrogens with zero attached hydrogens (tertiary/aromatic N) is 1. The second-order valence-corrected chi connectivity index (χ2v) is 9.12. The van der Waals surface area contributed by atoms with Crippen molar-refractivity contribution in [2.24, 2.45) is 0 Å². The van der Waals surface area contributed by atoms with Crippen LogP contribution in [0.1, 0.15) is 20.8 Å². The molecule has 180 valence electrons. The van der Waals surface area contributed by atoms with Crippen molar-refractivity contribution in [1.82, 2.24) is 4.31 Å². The van der Waals surface area contributed by atoms with Crippen molar-refractivity contribution >= 4 is 21.6 Å². The quantitative estimate of drug-likeness (QED) is 0.559. The lowest BCUT2D eigenvalue weighted by Crippen LogP contribution is -2.39. The van der Waals surface area contributed by atoms with E-state index in [0.29, 0.717) is 50.2 Å². The fourth-order valence-corrected chi connectivity index (χ4v) is 4.80. The zero-order chi connectivity index (χ0) is 23.8. The van der Waals surface area contributed by atoms with Gasteiger partial charge in [-0.15, -0.1) is 0 Å². The summed E-state index contributed by atoms with van der Waals surface area (Å²) in [5, 5.41) is 2.74. The molecule has 2 aromatic rings. The number of carbonyl (C=O) groups is 1. The van der Waals surface area contributed by atoms with Crippen LogP contribution in [0, 0.1) is 0 Å². The minimum absolute atomic E-state index is 0.0568. The fourth-order valence-electron chi connectivity index (χ4n) is 3.32. The molecule has 0 saturated carbocycles. The number of carbonyl (C=O) groups excluding carboxylic acids is 1. The van der Waals surface area contributed by atoms with Crippen LogP contribution in [0.4, 0.5) is 5.69 Å². The third-order valence-electron chi connectivity index (χ3n) is 5.02. The summed E-state index contributed by atoms with van der Waals surface area (Å²) in [4.78, 5) is 12.8. The summed E-state index contributed by atoms with van der Waals surface area (Å²) < 4.78 is 49.5. The van der Waals surface area contributed by atoms with Crippen LogP contribution >= 0.6 is 0 Å². The van der Waals surface area contributed by atoms with Gasteiger partial charge in [-0.1, -0.05) is 13.8 Å². The molecular weight excluding hydrogens is 448 g/mol. The average Bonchev–Trinajstić information content (AvgIpc) is 2.82. The van der Waals surface area contributed by atoms with Crippen molar-refractivity contribution < 1.29 is 32.2 Å². The number of sulfonamides is 1. The van der Waals surface area contributed by atoms with E-state index in [0.717, 1.165) is 0 Å². The molecule has 2 aromatic carbocycles. The molecule has 0 aliphatic carbocycles. The van der Waals surface area contributed by atoms with E-state index < -0.39 is 22.0 Å². The first kappa shape index (κ1) is 25.0. The largest absolute Gasteiger partial charge is 0.494 e. The molecule has 3 rings (SSSR count). The van der Waals surface area contributed by atoms with Crippen LogP contribution in [0.5, 0.6) is 17.2 Å². The molecule has 1 N–H and O–H groups in total. The van der Waals surface area contributed by atoms with E-state index in [-0.39, 0.29) is 17.2 Å². The zero-order valence-corrected chi connectivity index (χ0v) is 19.9. The van der Waals surface area contributed by atoms with E-state index in [1.807, 2.05) is 6.92 Å². The maximum absolute atomic E-state index is 13.0. The first-order chi connectivity index (χ1) is 15.9. The van der Waals surface area contributed by atoms with Gasteiger partial charge in [0.15, 0.2) is 11.9 Å². The van der Waals surface area contributed by atoms with Gasteiger partial charge >= 0.3 is 0 Å². The molecule has 1 amide bonds. The lowest BCUT2D eigenvalue weighted by atomic mass is 10.2. The highest BCUT2D eigenvalue weighted by Crippen LogP contribution is 2.33. The Morgan fingerprint density at radius 3 is 2.36 bits per heavy atom. The Morgan fingerprint density at radius 2 is 1.76 bits per heavy atom. The predicted molar refractivity (Wildman–Crippen MR) is 123 cm³/mol. The molecule has 1 unspecified atom stereocenters. The third kappa shape index (κ3) is 6.23. The van der Waals surface area contributed by atoms with Gasteiger partial charge in [0.05, 0.1) is 37.0 Å². The number of ether oxygens (including phenoxy) is 4. The van der Waals surface area contributed by atoms with Crippen molar-refractivity contribution in [1.29, 1.82) is 0 Å². The highest BCUT2D eigenvalue weighted by atomic mass is 32.2. The Morgan fingerprint density at radius 1 is 1.06 bits per heavy atom. The number of nitrogens with one attached hydrogen (secondary N) is 1. The Labute approximate surface area is 194 Å². The van der Waals surface area contributed by atoms with Gasteiger partial charge in [0.25, 0.3) is 5.91 Å². The molecule has 33 heavy (non-hydrogen) atoms. The van der Waals surface area contributed by atoms with Gasteiger partial charge in [-0.3, -0.25) is 4.79 Å². The molecular formula is C23H30N2O7S. The highest BCUT2D eigenvalue weighted by Gasteiger charge is 2.26. The molecule has 0 aromatic heterocycles. The normalized spacial score (nSPS) is 16.4. The van der Waals surface area contributed by atoms with Crippen molar-refractivity contribution in [2.45, 2.75) is 31.8 Å². The van der Waals surface area contributed by atoms with Crippen molar-refractivity contribution in [3.63, 3.8) is 0 Å². The molecule has 1 saturated heterocycles. The van der Waals surface area contributed by atoms with Crippen LogP contribution in [0.25, 0.3) is 0 Å². The van der Waals surface area contributed by atoms with Crippen molar-refractivity contribution in [3.8, 4) is 17.2 Å². The van der Waals surface area contributed by atoms with Gasteiger partial charge in [-0.05, 0) is 49.4 Å². The van der Waals surface area contributed by atoms with Gasteiger partial charge in [0.1, 0.15) is 11.5 Å². The van der Waals surface area contributed by atoms with Crippen LogP contribution in [0.2, 0.25) is 0 Å². The lowest BCUT2D eigenvalue weighted by molar-refractivity contribution is -0.142. The van der Waals surface area contributed by atoms with Crippen LogP contribution in [0.3, 0.4) is 0 Å². The topological polar surface area (TPSA) is 103 Å². The van der Waals surface area contributed by atoms with Crippen molar-refractivity contribution in [2.75, 3.05) is 44.8 Å². The second-order valence-electron chi connectivity index (χ2n) is 7.18. The second kappa shape index (κ2) is 11.5. The Kier molecular flexibility index (Phi) is 8.67. The maximum Gasteiger partial charge on any atom is 0.256 e. The summed E-state index contributed by atoms with van der Waals surface area (Å²) in [6, 6.07) is 11.4. The molecule has 1 fully saturated rings. The summed E-state index contributed by atoms with van der Waals surface area (Å²) in [7, 11) is -3.73. The lowest BCUT2D eigenvalue weighted by Gasteiger charge is -2.23. The summed E-state index contributed by atoms with van der Waals surface area (Å²) >= 11 is 0. The van der Waals surface area contributed by atoms with E-state index in [2.05, 4.69) is 5.32 Å². The summed E-state index contributed by atoms with van der Waals surface area (Å²) in [5.41, 5.74) is 0.219. The van der Waals surface area contributed by atoms with E-state index in [4.69, 9.17) is 18.9 Å². The van der Waals surface area contributed by atoms with Gasteiger partial charge in [-0.25, -0.2) is 8.42 Å². The molecule has 10 heteroatoms. The number of amides is 1. The Hall–Kier alpha value is -2.66. The summed E-state index contributed by atoms with van der Waals surface area (Å²) in [5.74, 6) is 1.06. The van der Waals surface area contributed by atoms with Gasteiger partial charge in [0, 0.05) is 13.1 Å². The van der Waals surface area contributed by atoms with Crippen LogP contribution in [-0.2, 0) is 24.3 Å². The first-order valence-corrected chi connectivity index (χ1v) is 12.4. The smallest absolute Gasteiger partial charge is 0.256 e. The number of benzene rings is 2. The van der Waals surface area contributed by atoms with Crippen LogP contribution < -0.4 is 14.8 Å². The molecule has 1 aliphatic heterocycles. The standard InChI is InChI=1S/C23H30N2O7S/c1-4-25(5-2)33(27,28)19-11-12-21(32-18-9-7-17(8-10-18)30-6-3)20(15-19)24-23(26)22-16-29-13-14-31-22/h7-12,15,22H,4-6,13-14,16H2,1-3H3,(H,24,26). The monoisotopic (exact) mass is 478 g/mol. The predicted octanol–water partition coefficient (Wildman–Crippen LogP) is 3.26. The van der Waals surface area contributed by atoms with Gasteiger partial charge in [-0.2, -0.15) is 4.31 Å². The number of hydrogen-bond donors (Lipinski definition) is 1. The molecule has 0 bridgehead atoms. The van der Waals surface area contributed by atoms with Crippen LogP contribution in [-0.4, -0.2) is 64.3 Å². The van der Waals surface area contributed by atoms with Gasteiger partial charge in [0.2, 0.25) is 10.0 Å². The molecule has 0 spiro atoms. The maximum atomic E-state index is 13.0. The van der Waals surface area contributed by atoms with Crippen molar-refractivity contribution in [3.05, 3.63) is 42.5 Å². The molecule has 9 nitrogen and oxygen atoms in total. The Balaban J connectivity index is 1.92. The van der Waals surface area contributed by atoms with Gasteiger partial charge < -0.3 is 24.3 Å². The third-order valence-corrected chi connectivity index (χ3v) is 7.07. The molecule has 1 atom stereocenters. The first-order valence-electron chi connectivity index (χ1n) is 10.9. The fraction of sp³-hybridized carbons (Fsp3) is 0.435. The molecule has 0 radical (unpaired) electrons. The minimum atomic E-state index is -3.73. The SMILES string of the molecule is CCOc1ccc(Oc2ccc(S(=O)(=O)N(CC)CC)cc2NC(=O)C2COCCO2)cc1. The number of hydrogen-bond acceptors (Lipinski definition) is 7. The zero-order valence-electron chi connectivity index (χ0n) is 19.1. The average molecular weight is 479 g/mol. The number of anilines is 1. The summed E-state index contributed by atoms with van der Waals surface area (Å²) in [6.45, 7) is 7.51. The van der Waals surface area contributed by atoms with E-state index in [1.54, 1.807) is 38.1 Å². The molecule has 1 heterocycles. The van der Waals surface area contributed by atoms with E-state index >= 15 is 0 Å². The summed E-state index contributed by atoms with van der Waals surface area (Å²) in [6.07, 6.45) is -0.792. The van der Waals surface area contributed by atoms with Crippen LogP contribution in [0.15, 0.2) is 47.4 Å². The van der Waals surface area contributed by atoms with E-state index in [9.17, 15) is 13.2 Å². The van der Waals surface area contributed by atoms with E-state index in [1.165, 1.54) is 22.5 Å². The Bertz CT molecular complexity index is 1030. The molecule has 1 aliphatic rings.